The van der Waals surface area contributed by atoms with E-state index >= 15 is 0 Å². The van der Waals surface area contributed by atoms with Crippen LogP contribution in [0.4, 0.5) is 11.4 Å². The molecule has 0 bridgehead atoms. The van der Waals surface area contributed by atoms with Gasteiger partial charge in [-0.15, -0.1) is 5.11 Å². The number of carboxylic acids is 1. The van der Waals surface area contributed by atoms with Gasteiger partial charge in [0.05, 0.1) is 13.3 Å². The first kappa shape index (κ1) is 20.2. The molecule has 1 aliphatic rings. The number of benzene rings is 2. The number of rotatable bonds is 3. The molecule has 2 aromatic carbocycles. The lowest BCUT2D eigenvalue weighted by Crippen LogP contribution is -2.22. The van der Waals surface area contributed by atoms with Crippen LogP contribution in [-0.4, -0.2) is 25.2 Å². The van der Waals surface area contributed by atoms with E-state index in [2.05, 4.69) is 60.3 Å². The second-order valence-electron chi connectivity index (χ2n) is 6.62. The summed E-state index contributed by atoms with van der Waals surface area (Å²) in [5.41, 5.74) is 4.28. The van der Waals surface area contributed by atoms with E-state index in [1.165, 1.54) is 11.3 Å². The minimum atomic E-state index is -0.833. The number of nitrogens with zero attached hydrogens (tertiary/aromatic N) is 3. The smallest absolute Gasteiger partial charge is 0.300 e. The third-order valence-electron chi connectivity index (χ3n) is 4.37. The average Bonchev–Trinajstić information content (AvgIpc) is 2.82. The molecule has 0 spiro atoms. The molecule has 0 unspecified atom stereocenters. The summed E-state index contributed by atoms with van der Waals surface area (Å²) in [5.74, 6) is -0.114. The number of carboxylic acid groups (broad SMARTS) is 1. The monoisotopic (exact) mass is 367 g/mol. The van der Waals surface area contributed by atoms with Gasteiger partial charge in [0.1, 0.15) is 11.4 Å². The lowest BCUT2D eigenvalue weighted by Gasteiger charge is -2.22. The Morgan fingerprint density at radius 1 is 1.15 bits per heavy atom. The maximum atomic E-state index is 9.00. The summed E-state index contributed by atoms with van der Waals surface area (Å²) in [6.07, 6.45) is 1.84. The van der Waals surface area contributed by atoms with E-state index in [0.29, 0.717) is 0 Å². The van der Waals surface area contributed by atoms with Crippen LogP contribution in [0.15, 0.2) is 70.7 Å². The predicted molar refractivity (Wildman–Crippen MR) is 107 cm³/mol. The number of methoxy groups -OCH3 is 1. The molecule has 1 aliphatic heterocycles. The SMILES string of the molecule is CC(=O)O.COc1ccccc1N=N/C=C1/N(C)c2ccccc2C1(C)C. The normalized spacial score (nSPS) is 16.0. The second-order valence-corrected chi connectivity index (χ2v) is 6.62. The van der Waals surface area contributed by atoms with Crippen molar-refractivity contribution >= 4 is 17.3 Å². The summed E-state index contributed by atoms with van der Waals surface area (Å²) in [6.45, 7) is 5.50. The summed E-state index contributed by atoms with van der Waals surface area (Å²) < 4.78 is 5.30. The highest BCUT2D eigenvalue weighted by Gasteiger charge is 2.38. The molecule has 142 valence electrons. The number of likely N-dealkylation sites (N-methyl/N-ethyl adjacent to an activating group) is 1. The Labute approximate surface area is 159 Å². The fourth-order valence-electron chi connectivity index (χ4n) is 3.09. The number of hydrogen-bond acceptors (Lipinski definition) is 5. The lowest BCUT2D eigenvalue weighted by molar-refractivity contribution is -0.134. The summed E-state index contributed by atoms with van der Waals surface area (Å²) >= 11 is 0. The Morgan fingerprint density at radius 3 is 2.37 bits per heavy atom. The first-order chi connectivity index (χ1) is 12.8. The summed E-state index contributed by atoms with van der Waals surface area (Å²) in [4.78, 5) is 11.2. The first-order valence-electron chi connectivity index (χ1n) is 8.56. The van der Waals surface area contributed by atoms with E-state index in [1.54, 1.807) is 7.11 Å². The molecule has 0 aliphatic carbocycles. The van der Waals surface area contributed by atoms with Crippen LogP contribution in [-0.2, 0) is 10.2 Å². The number of carbonyl (C=O) groups is 1. The van der Waals surface area contributed by atoms with Crippen LogP contribution in [0.2, 0.25) is 0 Å². The average molecular weight is 367 g/mol. The highest BCUT2D eigenvalue weighted by atomic mass is 16.5. The van der Waals surface area contributed by atoms with Gasteiger partial charge >= 0.3 is 0 Å². The number of hydrogen-bond donors (Lipinski definition) is 1. The standard InChI is InChI=1S/C19H21N3O.C2H4O2/c1-19(2)14-9-5-7-11-16(14)22(3)18(19)13-20-21-15-10-6-8-12-17(15)23-4;1-2(3)4/h5-13H,1-4H3;1H3,(H,3,4)/b18-13+,21-20?;. The van der Waals surface area contributed by atoms with Crippen LogP contribution >= 0.6 is 0 Å². The molecule has 0 fully saturated rings. The van der Waals surface area contributed by atoms with Gasteiger partial charge in [-0.2, -0.15) is 5.11 Å². The molecule has 0 aromatic heterocycles. The molecule has 0 amide bonds. The molecule has 0 radical (unpaired) electrons. The van der Waals surface area contributed by atoms with Gasteiger partial charge in [0.15, 0.2) is 0 Å². The minimum absolute atomic E-state index is 0.0921. The third-order valence-corrected chi connectivity index (χ3v) is 4.37. The van der Waals surface area contributed by atoms with Crippen LogP contribution in [0, 0.1) is 0 Å². The highest BCUT2D eigenvalue weighted by Crippen LogP contribution is 2.46. The van der Waals surface area contributed by atoms with Crippen LogP contribution in [0.5, 0.6) is 5.75 Å². The maximum absolute atomic E-state index is 9.00. The highest BCUT2D eigenvalue weighted by molar-refractivity contribution is 5.69. The zero-order valence-corrected chi connectivity index (χ0v) is 16.3. The van der Waals surface area contributed by atoms with Crippen molar-refractivity contribution in [3.05, 3.63) is 66.0 Å². The predicted octanol–water partition coefficient (Wildman–Crippen LogP) is 5.14. The number of azo groups is 1. The Morgan fingerprint density at radius 2 is 1.74 bits per heavy atom. The van der Waals surface area contributed by atoms with Gasteiger partial charge in [-0.25, -0.2) is 0 Å². The number of allylic oxidation sites excluding steroid dienone is 1. The molecule has 0 saturated carbocycles. The van der Waals surface area contributed by atoms with Crippen molar-refractivity contribution in [1.29, 1.82) is 0 Å². The van der Waals surface area contributed by atoms with E-state index in [9.17, 15) is 0 Å². The molecule has 0 atom stereocenters. The van der Waals surface area contributed by atoms with Crippen molar-refractivity contribution in [2.24, 2.45) is 10.2 Å². The van der Waals surface area contributed by atoms with E-state index in [1.807, 2.05) is 30.5 Å². The van der Waals surface area contributed by atoms with Gasteiger partial charge in [0, 0.05) is 30.8 Å². The number of ether oxygens (including phenoxy) is 1. The van der Waals surface area contributed by atoms with Crippen molar-refractivity contribution in [3.8, 4) is 5.75 Å². The molecular weight excluding hydrogens is 342 g/mol. The molecule has 27 heavy (non-hydrogen) atoms. The number of aliphatic carboxylic acids is 1. The van der Waals surface area contributed by atoms with Crippen molar-refractivity contribution in [3.63, 3.8) is 0 Å². The summed E-state index contributed by atoms with van der Waals surface area (Å²) in [7, 11) is 3.70. The third kappa shape index (κ3) is 4.53. The molecule has 6 nitrogen and oxygen atoms in total. The van der Waals surface area contributed by atoms with E-state index in [4.69, 9.17) is 14.6 Å². The minimum Gasteiger partial charge on any atom is -0.494 e. The zero-order chi connectivity index (χ0) is 20.0. The van der Waals surface area contributed by atoms with Gasteiger partial charge in [0.25, 0.3) is 5.97 Å². The molecule has 3 rings (SSSR count). The number of fused-ring (bicyclic) bond motifs is 1. The fourth-order valence-corrected chi connectivity index (χ4v) is 3.09. The van der Waals surface area contributed by atoms with E-state index < -0.39 is 5.97 Å². The van der Waals surface area contributed by atoms with Gasteiger partial charge in [-0.1, -0.05) is 44.2 Å². The van der Waals surface area contributed by atoms with Crippen molar-refractivity contribution in [2.75, 3.05) is 19.1 Å². The Bertz CT molecular complexity index is 868. The van der Waals surface area contributed by atoms with E-state index in [-0.39, 0.29) is 5.41 Å². The second kappa shape index (κ2) is 8.49. The largest absolute Gasteiger partial charge is 0.494 e. The molecule has 2 aromatic rings. The van der Waals surface area contributed by atoms with Gasteiger partial charge in [-0.3, -0.25) is 4.79 Å². The molecule has 6 heteroatoms. The van der Waals surface area contributed by atoms with Crippen LogP contribution in [0.1, 0.15) is 26.3 Å². The quantitative estimate of drug-likeness (QED) is 0.762. The maximum Gasteiger partial charge on any atom is 0.300 e. The van der Waals surface area contributed by atoms with Crippen LogP contribution in [0.25, 0.3) is 0 Å². The van der Waals surface area contributed by atoms with Gasteiger partial charge < -0.3 is 14.7 Å². The van der Waals surface area contributed by atoms with Crippen molar-refractivity contribution in [2.45, 2.75) is 26.2 Å². The number of anilines is 1. The summed E-state index contributed by atoms with van der Waals surface area (Å²) in [6, 6.07) is 16.0. The molecule has 1 N–H and O–H groups in total. The van der Waals surface area contributed by atoms with Crippen LogP contribution in [0.3, 0.4) is 0 Å². The van der Waals surface area contributed by atoms with Gasteiger partial charge in [-0.05, 0) is 23.8 Å². The fraction of sp³-hybridized carbons (Fsp3) is 0.286. The van der Waals surface area contributed by atoms with Gasteiger partial charge in [0.2, 0.25) is 0 Å². The zero-order valence-electron chi connectivity index (χ0n) is 16.3. The summed E-state index contributed by atoms with van der Waals surface area (Å²) in [5, 5.41) is 16.0. The topological polar surface area (TPSA) is 74.5 Å². The first-order valence-corrected chi connectivity index (χ1v) is 8.56. The molecular formula is C21H25N3O3. The molecule has 1 heterocycles. The Balaban J connectivity index is 0.000000596. The Hall–Kier alpha value is -3.15. The lowest BCUT2D eigenvalue weighted by atomic mass is 9.84. The number of para-hydroxylation sites is 2. The van der Waals surface area contributed by atoms with Crippen molar-refractivity contribution < 1.29 is 14.6 Å². The van der Waals surface area contributed by atoms with E-state index in [0.717, 1.165) is 24.1 Å². The van der Waals surface area contributed by atoms with Crippen molar-refractivity contribution in [1.82, 2.24) is 0 Å². The molecule has 0 saturated heterocycles. The van der Waals surface area contributed by atoms with Crippen LogP contribution < -0.4 is 9.64 Å². The Kier molecular flexibility index (Phi) is 6.34.